The van der Waals surface area contributed by atoms with Crippen molar-refractivity contribution in [1.82, 2.24) is 0 Å². The van der Waals surface area contributed by atoms with Gasteiger partial charge in [-0.1, -0.05) is 6.92 Å². The summed E-state index contributed by atoms with van der Waals surface area (Å²) in [5.41, 5.74) is 1.47. The predicted octanol–water partition coefficient (Wildman–Crippen LogP) is 3.24. The molecule has 0 fully saturated rings. The molecular formula is C15H17NO3. The Bertz CT molecular complexity index is 543. The number of carbonyl (C=O) groups is 1. The highest BCUT2D eigenvalue weighted by molar-refractivity contribution is 5.89. The van der Waals surface area contributed by atoms with E-state index in [1.165, 1.54) is 7.11 Å². The average Bonchev–Trinajstić information content (AvgIpc) is 2.93. The Morgan fingerprint density at radius 2 is 1.84 bits per heavy atom. The lowest BCUT2D eigenvalue weighted by atomic mass is 10.2. The molecule has 2 aromatic rings. The highest BCUT2D eigenvalue weighted by Gasteiger charge is 2.04. The lowest BCUT2D eigenvalue weighted by molar-refractivity contribution is 0.0601. The van der Waals surface area contributed by atoms with E-state index < -0.39 is 0 Å². The van der Waals surface area contributed by atoms with Gasteiger partial charge >= 0.3 is 5.97 Å². The molecule has 0 aliphatic heterocycles. The minimum Gasteiger partial charge on any atom is -0.465 e. The summed E-state index contributed by atoms with van der Waals surface area (Å²) in [5.74, 6) is 1.55. The molecule has 1 aromatic carbocycles. The molecule has 0 radical (unpaired) electrons. The van der Waals surface area contributed by atoms with Crippen molar-refractivity contribution in [3.63, 3.8) is 0 Å². The Balaban J connectivity index is 1.94. The number of ether oxygens (including phenoxy) is 1. The Morgan fingerprint density at radius 1 is 1.16 bits per heavy atom. The van der Waals surface area contributed by atoms with Crippen LogP contribution < -0.4 is 5.32 Å². The third-order valence-electron chi connectivity index (χ3n) is 2.84. The number of esters is 1. The average molecular weight is 259 g/mol. The molecular weight excluding hydrogens is 242 g/mol. The first-order valence-corrected chi connectivity index (χ1v) is 6.22. The van der Waals surface area contributed by atoms with Crippen LogP contribution in [-0.4, -0.2) is 13.1 Å². The minimum absolute atomic E-state index is 0.329. The van der Waals surface area contributed by atoms with Crippen LogP contribution >= 0.6 is 0 Å². The maximum absolute atomic E-state index is 11.3. The molecule has 2 rings (SSSR count). The van der Waals surface area contributed by atoms with Gasteiger partial charge in [0.05, 0.1) is 19.2 Å². The van der Waals surface area contributed by atoms with Crippen LogP contribution in [-0.2, 0) is 17.7 Å². The van der Waals surface area contributed by atoms with Gasteiger partial charge in [0.15, 0.2) is 0 Å². The van der Waals surface area contributed by atoms with Crippen molar-refractivity contribution in [1.29, 1.82) is 0 Å². The van der Waals surface area contributed by atoms with Gasteiger partial charge in [-0.15, -0.1) is 0 Å². The van der Waals surface area contributed by atoms with E-state index >= 15 is 0 Å². The molecule has 4 heteroatoms. The van der Waals surface area contributed by atoms with E-state index in [-0.39, 0.29) is 5.97 Å². The Hall–Kier alpha value is -2.23. The lowest BCUT2D eigenvalue weighted by Gasteiger charge is -2.05. The Morgan fingerprint density at radius 3 is 2.42 bits per heavy atom. The number of nitrogens with one attached hydrogen (secondary N) is 1. The number of hydrogen-bond acceptors (Lipinski definition) is 4. The number of hydrogen-bond donors (Lipinski definition) is 1. The molecule has 19 heavy (non-hydrogen) atoms. The number of methoxy groups -OCH3 is 1. The van der Waals surface area contributed by atoms with Gasteiger partial charge in [-0.25, -0.2) is 4.79 Å². The molecule has 0 aliphatic rings. The van der Waals surface area contributed by atoms with Crippen molar-refractivity contribution in [2.45, 2.75) is 19.9 Å². The fourth-order valence-corrected chi connectivity index (χ4v) is 1.74. The van der Waals surface area contributed by atoms with Gasteiger partial charge in [-0.05, 0) is 36.4 Å². The van der Waals surface area contributed by atoms with Crippen molar-refractivity contribution < 1.29 is 13.9 Å². The van der Waals surface area contributed by atoms with Crippen LogP contribution in [0.5, 0.6) is 0 Å². The summed E-state index contributed by atoms with van der Waals surface area (Å²) >= 11 is 0. The maximum atomic E-state index is 11.3. The summed E-state index contributed by atoms with van der Waals surface area (Å²) in [6.07, 6.45) is 0.897. The summed E-state index contributed by atoms with van der Waals surface area (Å²) < 4.78 is 10.2. The number of furan rings is 1. The second-order valence-electron chi connectivity index (χ2n) is 4.14. The van der Waals surface area contributed by atoms with Gasteiger partial charge in [-0.3, -0.25) is 0 Å². The van der Waals surface area contributed by atoms with E-state index in [4.69, 9.17) is 4.42 Å². The Labute approximate surface area is 112 Å². The van der Waals surface area contributed by atoms with Gasteiger partial charge in [0, 0.05) is 12.1 Å². The summed E-state index contributed by atoms with van der Waals surface area (Å²) in [4.78, 5) is 11.3. The van der Waals surface area contributed by atoms with Crippen LogP contribution in [0.3, 0.4) is 0 Å². The fourth-order valence-electron chi connectivity index (χ4n) is 1.74. The van der Waals surface area contributed by atoms with E-state index in [2.05, 4.69) is 17.0 Å². The summed E-state index contributed by atoms with van der Waals surface area (Å²) in [7, 11) is 1.37. The van der Waals surface area contributed by atoms with E-state index in [0.717, 1.165) is 23.6 Å². The van der Waals surface area contributed by atoms with Gasteiger partial charge in [0.1, 0.15) is 11.5 Å². The fraction of sp³-hybridized carbons (Fsp3) is 0.267. The van der Waals surface area contributed by atoms with Crippen molar-refractivity contribution >= 4 is 11.7 Å². The molecule has 4 nitrogen and oxygen atoms in total. The first kappa shape index (κ1) is 13.2. The van der Waals surface area contributed by atoms with Crippen molar-refractivity contribution in [3.05, 3.63) is 53.5 Å². The van der Waals surface area contributed by atoms with Crippen molar-refractivity contribution in [3.8, 4) is 0 Å². The summed E-state index contributed by atoms with van der Waals surface area (Å²) in [5, 5.41) is 3.24. The van der Waals surface area contributed by atoms with Crippen LogP contribution in [0.2, 0.25) is 0 Å². The second-order valence-corrected chi connectivity index (χ2v) is 4.14. The largest absolute Gasteiger partial charge is 0.465 e. The van der Waals surface area contributed by atoms with Gasteiger partial charge in [-0.2, -0.15) is 0 Å². The lowest BCUT2D eigenvalue weighted by Crippen LogP contribution is -2.02. The molecule has 1 N–H and O–H groups in total. The van der Waals surface area contributed by atoms with E-state index in [1.807, 2.05) is 24.3 Å². The smallest absolute Gasteiger partial charge is 0.337 e. The molecule has 0 unspecified atom stereocenters. The zero-order chi connectivity index (χ0) is 13.7. The first-order chi connectivity index (χ1) is 9.22. The number of aryl methyl sites for hydroxylation is 1. The number of benzene rings is 1. The molecule has 100 valence electrons. The van der Waals surface area contributed by atoms with Crippen LogP contribution in [0.15, 0.2) is 40.8 Å². The van der Waals surface area contributed by atoms with E-state index in [1.54, 1.807) is 12.1 Å². The summed E-state index contributed by atoms with van der Waals surface area (Å²) in [6.45, 7) is 2.68. The topological polar surface area (TPSA) is 51.5 Å². The van der Waals surface area contributed by atoms with Crippen LogP contribution in [0.4, 0.5) is 5.69 Å². The van der Waals surface area contributed by atoms with E-state index in [9.17, 15) is 4.79 Å². The first-order valence-electron chi connectivity index (χ1n) is 6.22. The number of anilines is 1. The zero-order valence-corrected chi connectivity index (χ0v) is 11.1. The Kier molecular flexibility index (Phi) is 4.23. The van der Waals surface area contributed by atoms with Crippen molar-refractivity contribution in [2.75, 3.05) is 12.4 Å². The van der Waals surface area contributed by atoms with Gasteiger partial charge in [0.2, 0.25) is 0 Å². The third kappa shape index (κ3) is 3.37. The molecule has 0 spiro atoms. The summed E-state index contributed by atoms with van der Waals surface area (Å²) in [6, 6.07) is 11.1. The number of rotatable bonds is 5. The monoisotopic (exact) mass is 259 g/mol. The van der Waals surface area contributed by atoms with Crippen LogP contribution in [0, 0.1) is 0 Å². The molecule has 0 atom stereocenters. The standard InChI is InChI=1S/C15H17NO3/c1-3-13-8-9-14(19-13)10-16-12-6-4-11(5-7-12)15(17)18-2/h4-9,16H,3,10H2,1-2H3. The molecule has 0 saturated heterocycles. The quantitative estimate of drug-likeness (QED) is 0.837. The van der Waals surface area contributed by atoms with E-state index in [0.29, 0.717) is 12.1 Å². The van der Waals surface area contributed by atoms with Crippen LogP contribution in [0.25, 0.3) is 0 Å². The zero-order valence-electron chi connectivity index (χ0n) is 11.1. The molecule has 0 saturated carbocycles. The SMILES string of the molecule is CCc1ccc(CNc2ccc(C(=O)OC)cc2)o1. The molecule has 0 aliphatic carbocycles. The minimum atomic E-state index is -0.329. The second kappa shape index (κ2) is 6.09. The molecule has 0 amide bonds. The van der Waals surface area contributed by atoms with Gasteiger partial charge in [0.25, 0.3) is 0 Å². The molecule has 1 heterocycles. The molecule has 0 bridgehead atoms. The number of carbonyl (C=O) groups excluding carboxylic acids is 1. The van der Waals surface area contributed by atoms with Crippen LogP contribution in [0.1, 0.15) is 28.8 Å². The normalized spacial score (nSPS) is 10.2. The van der Waals surface area contributed by atoms with Gasteiger partial charge < -0.3 is 14.5 Å². The molecule has 1 aromatic heterocycles. The highest BCUT2D eigenvalue weighted by atomic mass is 16.5. The highest BCUT2D eigenvalue weighted by Crippen LogP contribution is 2.13. The third-order valence-corrected chi connectivity index (χ3v) is 2.84. The predicted molar refractivity (Wildman–Crippen MR) is 73.2 cm³/mol. The van der Waals surface area contributed by atoms with Crippen molar-refractivity contribution in [2.24, 2.45) is 0 Å². The maximum Gasteiger partial charge on any atom is 0.337 e.